The van der Waals surface area contributed by atoms with E-state index in [0.717, 1.165) is 11.3 Å². The van der Waals surface area contributed by atoms with Crippen molar-refractivity contribution in [1.29, 1.82) is 0 Å². The number of aryl methyl sites for hydroxylation is 1. The number of aromatic nitrogens is 3. The smallest absolute Gasteiger partial charge is 0.256 e. The highest BCUT2D eigenvalue weighted by atomic mass is 35.5. The lowest BCUT2D eigenvalue weighted by Crippen LogP contribution is -2.39. The highest BCUT2D eigenvalue weighted by Crippen LogP contribution is 2.29. The second-order valence-corrected chi connectivity index (χ2v) is 9.77. The number of amides is 2. The van der Waals surface area contributed by atoms with Crippen LogP contribution in [-0.2, 0) is 4.79 Å². The Morgan fingerprint density at radius 2 is 1.91 bits per heavy atom. The van der Waals surface area contributed by atoms with Crippen molar-refractivity contribution in [3.8, 4) is 0 Å². The molecule has 2 amide bonds. The lowest BCUT2D eigenvalue weighted by molar-refractivity contribution is -0.120. The van der Waals surface area contributed by atoms with Gasteiger partial charge < -0.3 is 15.5 Å². The third kappa shape index (κ3) is 5.31. The quantitative estimate of drug-likeness (QED) is 0.524. The predicted molar refractivity (Wildman–Crippen MR) is 133 cm³/mol. The van der Waals surface area contributed by atoms with Gasteiger partial charge in [0.2, 0.25) is 5.91 Å². The predicted octanol–water partition coefficient (Wildman–Crippen LogP) is 4.38. The second-order valence-electron chi connectivity index (χ2n) is 9.37. The molecule has 1 fully saturated rings. The molecular formula is C25H30ClFN6O2. The molecular weight excluding hydrogens is 471 g/mol. The zero-order chi connectivity index (χ0) is 25.3. The Bertz CT molecular complexity index is 1250. The van der Waals surface area contributed by atoms with Crippen LogP contribution in [0, 0.1) is 18.7 Å². The molecule has 1 aromatic carbocycles. The van der Waals surface area contributed by atoms with E-state index in [-0.39, 0.29) is 34.8 Å². The van der Waals surface area contributed by atoms with Crippen LogP contribution >= 0.6 is 11.6 Å². The third-order valence-corrected chi connectivity index (χ3v) is 7.21. The van der Waals surface area contributed by atoms with Crippen molar-refractivity contribution in [1.82, 2.24) is 24.8 Å². The summed E-state index contributed by atoms with van der Waals surface area (Å²) in [5.41, 5.74) is 3.36. The number of rotatable bonds is 6. The van der Waals surface area contributed by atoms with Gasteiger partial charge in [0, 0.05) is 35.5 Å². The van der Waals surface area contributed by atoms with Crippen LogP contribution in [0.2, 0.25) is 5.02 Å². The Morgan fingerprint density at radius 1 is 1.20 bits per heavy atom. The summed E-state index contributed by atoms with van der Waals surface area (Å²) in [5.74, 6) is -1.01. The van der Waals surface area contributed by atoms with Crippen LogP contribution in [0.5, 0.6) is 0 Å². The lowest BCUT2D eigenvalue weighted by Gasteiger charge is -2.28. The van der Waals surface area contributed by atoms with Crippen molar-refractivity contribution < 1.29 is 14.0 Å². The number of hydrogen-bond donors (Lipinski definition) is 2. The molecule has 1 aliphatic carbocycles. The standard InChI is InChI=1S/C25H30ClFN6O2/c1-14(32(3)4)19-12-28-23-20(13-29-33(23)15(19)2)25(35)30-18-8-5-16(6-9-18)24(34)31-22-10-7-17(27)11-21(22)26/h7,10-14,16,18H,5-6,8-9H2,1-4H3,(H,30,35)(H,31,34)/t14-,16-,18-/m1/s1. The molecule has 3 aromatic rings. The summed E-state index contributed by atoms with van der Waals surface area (Å²) in [7, 11) is 4.01. The third-order valence-electron chi connectivity index (χ3n) is 6.90. The normalized spacial score (nSPS) is 19.1. The van der Waals surface area contributed by atoms with E-state index in [9.17, 15) is 14.0 Å². The fourth-order valence-electron chi connectivity index (χ4n) is 4.50. The number of carbonyl (C=O) groups excluding carboxylic acids is 2. The van der Waals surface area contributed by atoms with Crippen LogP contribution in [0.4, 0.5) is 10.1 Å². The Kier molecular flexibility index (Phi) is 7.37. The van der Waals surface area contributed by atoms with Crippen molar-refractivity contribution in [2.75, 3.05) is 19.4 Å². The summed E-state index contributed by atoms with van der Waals surface area (Å²) in [5, 5.41) is 10.4. The number of hydrogen-bond acceptors (Lipinski definition) is 5. The van der Waals surface area contributed by atoms with Crippen LogP contribution in [-0.4, -0.2) is 51.4 Å². The van der Waals surface area contributed by atoms with Gasteiger partial charge in [-0.1, -0.05) is 11.6 Å². The molecule has 0 aliphatic heterocycles. The topological polar surface area (TPSA) is 91.6 Å². The van der Waals surface area contributed by atoms with Crippen LogP contribution in [0.1, 0.15) is 60.3 Å². The number of benzene rings is 1. The summed E-state index contributed by atoms with van der Waals surface area (Å²) in [4.78, 5) is 32.3. The molecule has 2 N–H and O–H groups in total. The minimum Gasteiger partial charge on any atom is -0.349 e. The summed E-state index contributed by atoms with van der Waals surface area (Å²) < 4.78 is 14.9. The van der Waals surface area contributed by atoms with Crippen LogP contribution < -0.4 is 10.6 Å². The Morgan fingerprint density at radius 3 is 2.57 bits per heavy atom. The monoisotopic (exact) mass is 500 g/mol. The summed E-state index contributed by atoms with van der Waals surface area (Å²) in [6.45, 7) is 4.07. The maximum Gasteiger partial charge on any atom is 0.256 e. The molecule has 2 aromatic heterocycles. The van der Waals surface area contributed by atoms with Crippen LogP contribution in [0.25, 0.3) is 5.65 Å². The van der Waals surface area contributed by atoms with Crippen molar-refractivity contribution >= 4 is 34.7 Å². The molecule has 0 radical (unpaired) electrons. The molecule has 1 aliphatic rings. The molecule has 1 saturated carbocycles. The molecule has 10 heteroatoms. The van der Waals surface area contributed by atoms with Gasteiger partial charge >= 0.3 is 0 Å². The molecule has 8 nitrogen and oxygen atoms in total. The molecule has 0 spiro atoms. The Labute approximate surface area is 208 Å². The first-order valence-electron chi connectivity index (χ1n) is 11.7. The van der Waals surface area contributed by atoms with Gasteiger partial charge in [-0.3, -0.25) is 9.59 Å². The SMILES string of the molecule is Cc1c([C@@H](C)N(C)C)cnc2c(C(=O)N[C@H]3CC[C@H](C(=O)Nc4ccc(F)cc4Cl)CC3)cnn12. The lowest BCUT2D eigenvalue weighted by atomic mass is 9.85. The maximum absolute atomic E-state index is 13.2. The molecule has 1 atom stereocenters. The van der Waals surface area contributed by atoms with Gasteiger partial charge in [0.1, 0.15) is 11.4 Å². The van der Waals surface area contributed by atoms with Crippen molar-refractivity contribution in [3.63, 3.8) is 0 Å². The number of carbonyl (C=O) groups is 2. The van der Waals surface area contributed by atoms with E-state index in [2.05, 4.69) is 32.5 Å². The van der Waals surface area contributed by atoms with E-state index in [0.29, 0.717) is 42.6 Å². The number of halogens is 2. The van der Waals surface area contributed by atoms with E-state index in [1.165, 1.54) is 18.2 Å². The van der Waals surface area contributed by atoms with Crippen molar-refractivity contribution in [3.05, 3.63) is 58.3 Å². The first-order valence-corrected chi connectivity index (χ1v) is 12.1. The Hall–Kier alpha value is -3.04. The fraction of sp³-hybridized carbons (Fsp3) is 0.440. The molecule has 186 valence electrons. The maximum atomic E-state index is 13.2. The summed E-state index contributed by atoms with van der Waals surface area (Å²) in [6, 6.07) is 4.01. The molecule has 0 saturated heterocycles. The molecule has 0 bridgehead atoms. The van der Waals surface area contributed by atoms with Gasteiger partial charge in [0.25, 0.3) is 5.91 Å². The van der Waals surface area contributed by atoms with E-state index >= 15 is 0 Å². The van der Waals surface area contributed by atoms with Crippen LogP contribution in [0.15, 0.2) is 30.6 Å². The average Bonchev–Trinajstić information content (AvgIpc) is 3.26. The zero-order valence-corrected chi connectivity index (χ0v) is 21.1. The Balaban J connectivity index is 1.36. The van der Waals surface area contributed by atoms with Gasteiger partial charge in [0.05, 0.1) is 16.9 Å². The average molecular weight is 501 g/mol. The van der Waals surface area contributed by atoms with Gasteiger partial charge in [-0.15, -0.1) is 0 Å². The zero-order valence-electron chi connectivity index (χ0n) is 20.3. The van der Waals surface area contributed by atoms with Gasteiger partial charge in [0.15, 0.2) is 5.65 Å². The number of nitrogens with one attached hydrogen (secondary N) is 2. The largest absolute Gasteiger partial charge is 0.349 e. The molecule has 4 rings (SSSR count). The fourth-order valence-corrected chi connectivity index (χ4v) is 4.71. The van der Waals surface area contributed by atoms with Gasteiger partial charge in [-0.25, -0.2) is 13.9 Å². The molecule has 0 unspecified atom stereocenters. The first kappa shape index (κ1) is 25.1. The highest BCUT2D eigenvalue weighted by molar-refractivity contribution is 6.33. The summed E-state index contributed by atoms with van der Waals surface area (Å²) in [6.07, 6.45) is 5.99. The summed E-state index contributed by atoms with van der Waals surface area (Å²) >= 11 is 6.01. The first-order chi connectivity index (χ1) is 16.7. The molecule has 2 heterocycles. The number of nitrogens with zero attached hydrogens (tertiary/aromatic N) is 4. The van der Waals surface area contributed by atoms with E-state index in [1.54, 1.807) is 10.7 Å². The number of fused-ring (bicyclic) bond motifs is 1. The molecule has 35 heavy (non-hydrogen) atoms. The van der Waals surface area contributed by atoms with Gasteiger partial charge in [-0.05, 0) is 71.8 Å². The number of anilines is 1. The van der Waals surface area contributed by atoms with E-state index in [4.69, 9.17) is 11.6 Å². The van der Waals surface area contributed by atoms with E-state index in [1.807, 2.05) is 27.2 Å². The minimum atomic E-state index is -0.454. The van der Waals surface area contributed by atoms with Gasteiger partial charge in [-0.2, -0.15) is 5.10 Å². The van der Waals surface area contributed by atoms with Crippen molar-refractivity contribution in [2.45, 2.75) is 51.6 Å². The van der Waals surface area contributed by atoms with Crippen LogP contribution in [0.3, 0.4) is 0 Å². The minimum absolute atomic E-state index is 0.0370. The van der Waals surface area contributed by atoms with Crippen molar-refractivity contribution in [2.24, 2.45) is 5.92 Å². The second kappa shape index (κ2) is 10.3. The van der Waals surface area contributed by atoms with E-state index < -0.39 is 5.82 Å². The highest BCUT2D eigenvalue weighted by Gasteiger charge is 2.28.